The molecule has 0 radical (unpaired) electrons. The summed E-state index contributed by atoms with van der Waals surface area (Å²) in [5, 5.41) is 20.3. The molecule has 0 saturated carbocycles. The molecule has 0 aliphatic rings. The Morgan fingerprint density at radius 1 is 1.22 bits per heavy atom. The van der Waals surface area contributed by atoms with Crippen molar-refractivity contribution in [2.75, 3.05) is 5.73 Å². The monoisotopic (exact) mass is 276 g/mol. The molecule has 0 heterocycles. The van der Waals surface area contributed by atoms with E-state index in [9.17, 15) is 29.7 Å². The molecular formula is C6H5N4O7P. The standard InChI is InChI=1S/C6H5N4O7P/c7-6-4(9(12)13)1-3(18(16,17)8-11)2-5(6)10(14)15/h1-2H,7H2,(H,16,17). The first-order valence-corrected chi connectivity index (χ1v) is 5.72. The van der Waals surface area contributed by atoms with Crippen molar-refractivity contribution in [3.63, 3.8) is 0 Å². The van der Waals surface area contributed by atoms with Gasteiger partial charge in [-0.05, 0) is 0 Å². The number of anilines is 1. The van der Waals surface area contributed by atoms with Gasteiger partial charge in [0.1, 0.15) is 0 Å². The summed E-state index contributed by atoms with van der Waals surface area (Å²) in [6, 6.07) is 1.01. The molecule has 18 heavy (non-hydrogen) atoms. The number of rotatable bonds is 4. The lowest BCUT2D eigenvalue weighted by molar-refractivity contribution is -0.392. The van der Waals surface area contributed by atoms with Crippen molar-refractivity contribution < 1.29 is 19.3 Å². The summed E-state index contributed by atoms with van der Waals surface area (Å²) in [4.78, 5) is 40.2. The third-order valence-corrected chi connectivity index (χ3v) is 3.11. The van der Waals surface area contributed by atoms with Crippen molar-refractivity contribution >= 4 is 29.9 Å². The van der Waals surface area contributed by atoms with Crippen molar-refractivity contribution in [1.29, 1.82) is 0 Å². The second-order valence-electron chi connectivity index (χ2n) is 3.04. The van der Waals surface area contributed by atoms with Crippen LogP contribution in [0.3, 0.4) is 0 Å². The first-order valence-electron chi connectivity index (χ1n) is 4.11. The highest BCUT2D eigenvalue weighted by Gasteiger charge is 2.32. The number of nitrogens with zero attached hydrogens (tertiary/aromatic N) is 3. The van der Waals surface area contributed by atoms with Crippen LogP contribution in [0.5, 0.6) is 0 Å². The molecule has 12 heteroatoms. The van der Waals surface area contributed by atoms with Crippen molar-refractivity contribution in [3.8, 4) is 0 Å². The summed E-state index contributed by atoms with van der Waals surface area (Å²) < 4.78 is 11.2. The van der Waals surface area contributed by atoms with Gasteiger partial charge in [-0.1, -0.05) is 0 Å². The van der Waals surface area contributed by atoms with E-state index in [0.29, 0.717) is 12.1 Å². The minimum atomic E-state index is -4.77. The van der Waals surface area contributed by atoms with Gasteiger partial charge in [-0.15, -0.1) is 4.91 Å². The molecule has 3 N–H and O–H groups in total. The maximum absolute atomic E-state index is 11.2. The molecule has 1 unspecified atom stereocenters. The molecule has 0 amide bonds. The van der Waals surface area contributed by atoms with E-state index in [2.05, 4.69) is 0 Å². The Balaban J connectivity index is 3.68. The van der Waals surface area contributed by atoms with Crippen LogP contribution in [0, 0.1) is 25.1 Å². The lowest BCUT2D eigenvalue weighted by atomic mass is 10.2. The Hall–Kier alpha value is -2.39. The minimum absolute atomic E-state index is 0.504. The summed E-state index contributed by atoms with van der Waals surface area (Å²) in [6.07, 6.45) is 0. The Labute approximate surface area is 98.0 Å². The largest absolute Gasteiger partial charge is 0.388 e. The SMILES string of the molecule is Nc1c([N+](=O)[O-])cc(P(=O)(O)N=O)cc1[N+](=O)[O-]. The summed E-state index contributed by atoms with van der Waals surface area (Å²) >= 11 is 0. The molecule has 0 aliphatic carbocycles. The summed E-state index contributed by atoms with van der Waals surface area (Å²) in [7, 11) is -4.77. The lowest BCUT2D eigenvalue weighted by Crippen LogP contribution is -2.09. The molecule has 0 fully saturated rings. The van der Waals surface area contributed by atoms with Crippen LogP contribution >= 0.6 is 7.52 Å². The minimum Gasteiger partial charge on any atom is -0.388 e. The second kappa shape index (κ2) is 4.47. The smallest absolute Gasteiger partial charge is 0.380 e. The van der Waals surface area contributed by atoms with Crippen molar-refractivity contribution in [2.45, 2.75) is 0 Å². The van der Waals surface area contributed by atoms with Crippen LogP contribution in [-0.2, 0) is 4.57 Å². The molecule has 1 rings (SSSR count). The summed E-state index contributed by atoms with van der Waals surface area (Å²) in [5.41, 5.74) is 2.50. The van der Waals surface area contributed by atoms with Gasteiger partial charge in [0.25, 0.3) is 11.4 Å². The van der Waals surface area contributed by atoms with Crippen LogP contribution in [0.25, 0.3) is 0 Å². The highest BCUT2D eigenvalue weighted by molar-refractivity contribution is 7.64. The molecule has 0 bridgehead atoms. The van der Waals surface area contributed by atoms with E-state index >= 15 is 0 Å². The molecular weight excluding hydrogens is 271 g/mol. The number of benzene rings is 1. The third kappa shape index (κ3) is 2.31. The average molecular weight is 276 g/mol. The van der Waals surface area contributed by atoms with Crippen LogP contribution < -0.4 is 11.0 Å². The lowest BCUT2D eigenvalue weighted by Gasteiger charge is -2.04. The maximum Gasteiger partial charge on any atom is 0.380 e. The zero-order valence-electron chi connectivity index (χ0n) is 8.42. The van der Waals surface area contributed by atoms with E-state index in [0.717, 1.165) is 0 Å². The van der Waals surface area contributed by atoms with E-state index in [1.165, 1.54) is 0 Å². The number of nitrogens with two attached hydrogens (primary N) is 1. The van der Waals surface area contributed by atoms with Crippen molar-refractivity contribution in [3.05, 3.63) is 37.3 Å². The van der Waals surface area contributed by atoms with E-state index in [1.807, 2.05) is 4.95 Å². The fraction of sp³-hybridized carbons (Fsp3) is 0. The number of hydrogen-bond acceptors (Lipinski definition) is 7. The number of nitro benzene ring substituents is 2. The van der Waals surface area contributed by atoms with Gasteiger partial charge in [-0.3, -0.25) is 24.8 Å². The van der Waals surface area contributed by atoms with Crippen LogP contribution in [0.1, 0.15) is 0 Å². The van der Waals surface area contributed by atoms with Crippen LogP contribution in [0.4, 0.5) is 17.1 Å². The maximum atomic E-state index is 11.2. The zero-order valence-corrected chi connectivity index (χ0v) is 9.31. The van der Waals surface area contributed by atoms with Gasteiger partial charge in [0, 0.05) is 17.1 Å². The highest BCUT2D eigenvalue weighted by Crippen LogP contribution is 2.44. The van der Waals surface area contributed by atoms with Crippen LogP contribution in [0.15, 0.2) is 17.1 Å². The molecule has 11 nitrogen and oxygen atoms in total. The predicted molar refractivity (Wildman–Crippen MR) is 59.4 cm³/mol. The molecule has 1 atom stereocenters. The van der Waals surface area contributed by atoms with Gasteiger partial charge in [0.15, 0.2) is 5.69 Å². The van der Waals surface area contributed by atoms with E-state index in [1.54, 1.807) is 0 Å². The molecule has 0 saturated heterocycles. The Kier molecular flexibility index (Phi) is 3.39. The topological polar surface area (TPSA) is 179 Å². The summed E-state index contributed by atoms with van der Waals surface area (Å²) in [6.45, 7) is 0. The third-order valence-electron chi connectivity index (χ3n) is 1.96. The van der Waals surface area contributed by atoms with Gasteiger partial charge < -0.3 is 10.6 Å². The Morgan fingerprint density at radius 3 is 1.89 bits per heavy atom. The molecule has 0 spiro atoms. The fourth-order valence-electron chi connectivity index (χ4n) is 1.13. The Bertz CT molecular complexity index is 565. The van der Waals surface area contributed by atoms with Crippen LogP contribution in [-0.4, -0.2) is 14.7 Å². The van der Waals surface area contributed by atoms with Crippen molar-refractivity contribution in [1.82, 2.24) is 0 Å². The number of nitroso groups, excluding NO2 is 1. The first kappa shape index (κ1) is 13.7. The van der Waals surface area contributed by atoms with Gasteiger partial charge >= 0.3 is 7.52 Å². The van der Waals surface area contributed by atoms with E-state index < -0.39 is 39.7 Å². The van der Waals surface area contributed by atoms with Gasteiger partial charge in [-0.2, -0.15) is 0 Å². The molecule has 0 aromatic heterocycles. The molecule has 96 valence electrons. The van der Waals surface area contributed by atoms with Gasteiger partial charge in [0.2, 0.25) is 0 Å². The van der Waals surface area contributed by atoms with Gasteiger partial charge in [-0.25, -0.2) is 0 Å². The van der Waals surface area contributed by atoms with E-state index in [4.69, 9.17) is 10.6 Å². The van der Waals surface area contributed by atoms with Crippen molar-refractivity contribution in [2.24, 2.45) is 4.95 Å². The molecule has 1 aromatic rings. The van der Waals surface area contributed by atoms with Crippen LogP contribution in [0.2, 0.25) is 0 Å². The molecule has 1 aromatic carbocycles. The average Bonchev–Trinajstić information content (AvgIpc) is 2.28. The zero-order chi connectivity index (χ0) is 14.1. The van der Waals surface area contributed by atoms with E-state index in [-0.39, 0.29) is 0 Å². The highest BCUT2D eigenvalue weighted by atomic mass is 31.2. The number of nitro groups is 2. The quantitative estimate of drug-likeness (QED) is 0.264. The van der Waals surface area contributed by atoms with Gasteiger partial charge in [0.05, 0.1) is 15.2 Å². The summed E-state index contributed by atoms with van der Waals surface area (Å²) in [5.74, 6) is 0. The first-order chi connectivity index (χ1) is 8.20. The molecule has 0 aliphatic heterocycles. The Morgan fingerprint density at radius 2 is 1.61 bits per heavy atom. The second-order valence-corrected chi connectivity index (χ2v) is 4.81. The number of hydrogen-bond donors (Lipinski definition) is 2. The number of nitrogen functional groups attached to an aromatic ring is 1. The predicted octanol–water partition coefficient (Wildman–Crippen LogP) is 0.662. The normalized spacial score (nSPS) is 13.6. The fourth-order valence-corrected chi connectivity index (χ4v) is 1.80.